The summed E-state index contributed by atoms with van der Waals surface area (Å²) in [5.41, 5.74) is 13.1. The first-order chi connectivity index (χ1) is 22.8. The summed E-state index contributed by atoms with van der Waals surface area (Å²) in [6.45, 7) is 0. The minimum Gasteiger partial charge on any atom is -0.456 e. The molecule has 0 radical (unpaired) electrons. The van der Waals surface area contributed by atoms with Crippen molar-refractivity contribution in [2.24, 2.45) is 0 Å². The van der Waals surface area contributed by atoms with Gasteiger partial charge in [0.25, 0.3) is 0 Å². The maximum atomic E-state index is 6.42. The SMILES string of the molecule is c1ccc2c(c1)-c1cccc3c(-c4ccc5oc6ccc(-n7c8ccccc8c8c9ccccc9ccc87)cc6c5c4)ccc-2c13. The summed E-state index contributed by atoms with van der Waals surface area (Å²) in [5.74, 6) is 0. The van der Waals surface area contributed by atoms with Crippen molar-refractivity contribution in [3.8, 4) is 39.1 Å². The van der Waals surface area contributed by atoms with Crippen molar-refractivity contribution in [3.63, 3.8) is 0 Å². The zero-order chi connectivity index (χ0) is 29.9. The fraction of sp³-hybridized carbons (Fsp3) is 0. The zero-order valence-corrected chi connectivity index (χ0v) is 24.8. The number of hydrogen-bond acceptors (Lipinski definition) is 1. The van der Waals surface area contributed by atoms with Crippen LogP contribution >= 0.6 is 0 Å². The van der Waals surface area contributed by atoms with Crippen LogP contribution in [0.25, 0.3) is 104 Å². The molecule has 212 valence electrons. The van der Waals surface area contributed by atoms with Gasteiger partial charge in [-0.1, -0.05) is 109 Å². The lowest BCUT2D eigenvalue weighted by Crippen LogP contribution is -1.93. The van der Waals surface area contributed by atoms with E-state index < -0.39 is 0 Å². The molecular formula is C44H25NO. The van der Waals surface area contributed by atoms with Crippen LogP contribution in [0.2, 0.25) is 0 Å². The molecule has 8 aromatic carbocycles. The topological polar surface area (TPSA) is 18.1 Å². The third-order valence-electron chi connectivity index (χ3n) is 10.1. The fourth-order valence-electron chi connectivity index (χ4n) is 8.15. The fourth-order valence-corrected chi connectivity index (χ4v) is 8.15. The first-order valence-electron chi connectivity index (χ1n) is 15.9. The Morgan fingerprint density at radius 1 is 0.370 bits per heavy atom. The predicted octanol–water partition coefficient (Wildman–Crippen LogP) is 12.3. The molecule has 2 heterocycles. The van der Waals surface area contributed by atoms with Gasteiger partial charge >= 0.3 is 0 Å². The zero-order valence-electron chi connectivity index (χ0n) is 24.8. The summed E-state index contributed by atoms with van der Waals surface area (Å²) >= 11 is 0. The number of nitrogens with zero attached hydrogens (tertiary/aromatic N) is 1. The van der Waals surface area contributed by atoms with Crippen LogP contribution in [0.5, 0.6) is 0 Å². The molecule has 0 saturated carbocycles. The molecule has 1 aliphatic rings. The standard InChI is InChI=1S/C44H25NO/c1-2-9-30-26(8-1)16-21-40-44(30)36-12-5-6-15-39(36)45(40)28-18-23-42-38(25-28)37-24-27(17-22-41(37)46-42)29-19-20-35-32-11-4-3-10-31(32)34-14-7-13-33(29)43(34)35/h1-25H. The van der Waals surface area contributed by atoms with E-state index in [0.29, 0.717) is 0 Å². The van der Waals surface area contributed by atoms with Crippen LogP contribution in [0, 0.1) is 0 Å². The highest BCUT2D eigenvalue weighted by Crippen LogP contribution is 2.49. The van der Waals surface area contributed by atoms with Gasteiger partial charge in [0.1, 0.15) is 11.2 Å². The molecule has 2 aromatic heterocycles. The molecule has 0 N–H and O–H groups in total. The first kappa shape index (κ1) is 24.2. The summed E-state index contributed by atoms with van der Waals surface area (Å²) in [6, 6.07) is 55.3. The van der Waals surface area contributed by atoms with Crippen molar-refractivity contribution in [2.75, 3.05) is 0 Å². The lowest BCUT2D eigenvalue weighted by atomic mass is 9.93. The molecule has 46 heavy (non-hydrogen) atoms. The lowest BCUT2D eigenvalue weighted by molar-refractivity contribution is 0.669. The van der Waals surface area contributed by atoms with Crippen LogP contribution in [-0.4, -0.2) is 4.57 Å². The van der Waals surface area contributed by atoms with Crippen molar-refractivity contribution in [1.82, 2.24) is 4.57 Å². The Bertz CT molecular complexity index is 2890. The number of aromatic nitrogens is 1. The van der Waals surface area contributed by atoms with Crippen molar-refractivity contribution < 1.29 is 4.42 Å². The molecule has 0 saturated heterocycles. The Morgan fingerprint density at radius 3 is 1.93 bits per heavy atom. The first-order valence-corrected chi connectivity index (χ1v) is 15.9. The van der Waals surface area contributed by atoms with E-state index in [2.05, 4.69) is 156 Å². The smallest absolute Gasteiger partial charge is 0.135 e. The molecule has 0 fully saturated rings. The van der Waals surface area contributed by atoms with E-state index in [1.807, 2.05) is 0 Å². The molecule has 2 nitrogen and oxygen atoms in total. The van der Waals surface area contributed by atoms with Crippen molar-refractivity contribution in [1.29, 1.82) is 0 Å². The number of furan rings is 1. The molecule has 0 unspecified atom stereocenters. The van der Waals surface area contributed by atoms with E-state index in [4.69, 9.17) is 4.42 Å². The van der Waals surface area contributed by atoms with Crippen molar-refractivity contribution in [2.45, 2.75) is 0 Å². The van der Waals surface area contributed by atoms with Crippen LogP contribution in [0.4, 0.5) is 0 Å². The Labute approximate surface area is 264 Å². The van der Waals surface area contributed by atoms with Crippen LogP contribution < -0.4 is 0 Å². The average molecular weight is 584 g/mol. The van der Waals surface area contributed by atoms with Crippen LogP contribution in [-0.2, 0) is 0 Å². The molecule has 10 aromatic rings. The van der Waals surface area contributed by atoms with Gasteiger partial charge < -0.3 is 8.98 Å². The maximum Gasteiger partial charge on any atom is 0.135 e. The van der Waals surface area contributed by atoms with Gasteiger partial charge in [0.15, 0.2) is 0 Å². The van der Waals surface area contributed by atoms with Crippen LogP contribution in [0.3, 0.4) is 0 Å². The molecule has 0 aliphatic heterocycles. The number of para-hydroxylation sites is 1. The van der Waals surface area contributed by atoms with Gasteiger partial charge in [0, 0.05) is 27.2 Å². The second-order valence-electron chi connectivity index (χ2n) is 12.5. The Balaban J connectivity index is 1.14. The third-order valence-corrected chi connectivity index (χ3v) is 10.1. The molecule has 0 spiro atoms. The summed E-state index contributed by atoms with van der Waals surface area (Å²) in [6.07, 6.45) is 0. The van der Waals surface area contributed by atoms with Gasteiger partial charge in [-0.2, -0.15) is 0 Å². The largest absolute Gasteiger partial charge is 0.456 e. The monoisotopic (exact) mass is 583 g/mol. The van der Waals surface area contributed by atoms with E-state index in [-0.39, 0.29) is 0 Å². The minimum atomic E-state index is 0.901. The van der Waals surface area contributed by atoms with Crippen molar-refractivity contribution >= 4 is 65.3 Å². The highest BCUT2D eigenvalue weighted by molar-refractivity contribution is 6.22. The Morgan fingerprint density at radius 2 is 1.04 bits per heavy atom. The van der Waals surface area contributed by atoms with Crippen molar-refractivity contribution in [3.05, 3.63) is 152 Å². The number of benzene rings is 8. The molecule has 11 rings (SSSR count). The Hall–Kier alpha value is -6.12. The molecule has 0 bridgehead atoms. The third kappa shape index (κ3) is 3.10. The number of hydrogen-bond donors (Lipinski definition) is 0. The van der Waals surface area contributed by atoms with Crippen LogP contribution in [0.1, 0.15) is 0 Å². The summed E-state index contributed by atoms with van der Waals surface area (Å²) in [7, 11) is 0. The Kier molecular flexibility index (Phi) is 4.61. The molecule has 0 atom stereocenters. The lowest BCUT2D eigenvalue weighted by Gasteiger charge is -2.10. The second kappa shape index (κ2) is 8.74. The van der Waals surface area contributed by atoms with E-state index >= 15 is 0 Å². The van der Waals surface area contributed by atoms with Gasteiger partial charge in [0.2, 0.25) is 0 Å². The van der Waals surface area contributed by atoms with E-state index in [0.717, 1.165) is 27.6 Å². The van der Waals surface area contributed by atoms with Crippen LogP contribution in [0.15, 0.2) is 156 Å². The van der Waals surface area contributed by atoms with Gasteiger partial charge in [-0.15, -0.1) is 0 Å². The average Bonchev–Trinajstić information content (AvgIpc) is 3.77. The molecule has 2 heteroatoms. The normalized spacial score (nSPS) is 12.3. The summed E-state index contributed by atoms with van der Waals surface area (Å²) in [4.78, 5) is 0. The number of rotatable bonds is 2. The predicted molar refractivity (Wildman–Crippen MR) is 193 cm³/mol. The molecular weight excluding hydrogens is 558 g/mol. The molecule has 1 aliphatic carbocycles. The molecule has 0 amide bonds. The summed E-state index contributed by atoms with van der Waals surface area (Å²) in [5, 5.41) is 9.99. The van der Waals surface area contributed by atoms with E-state index in [1.165, 1.54) is 76.7 Å². The maximum absolute atomic E-state index is 6.42. The van der Waals surface area contributed by atoms with Gasteiger partial charge in [-0.05, 0) is 97.4 Å². The van der Waals surface area contributed by atoms with Gasteiger partial charge in [-0.25, -0.2) is 0 Å². The quantitative estimate of drug-likeness (QED) is 0.198. The minimum absolute atomic E-state index is 0.901. The highest BCUT2D eigenvalue weighted by Gasteiger charge is 2.23. The van der Waals surface area contributed by atoms with E-state index in [1.54, 1.807) is 0 Å². The van der Waals surface area contributed by atoms with Gasteiger partial charge in [-0.3, -0.25) is 0 Å². The second-order valence-corrected chi connectivity index (χ2v) is 12.5. The van der Waals surface area contributed by atoms with E-state index in [9.17, 15) is 0 Å². The van der Waals surface area contributed by atoms with Gasteiger partial charge in [0.05, 0.1) is 11.0 Å². The summed E-state index contributed by atoms with van der Waals surface area (Å²) < 4.78 is 8.82. The highest BCUT2D eigenvalue weighted by atomic mass is 16.3. The number of fused-ring (bicyclic) bond motifs is 11.